The molecule has 1 aliphatic rings. The molecule has 1 amide bonds. The van der Waals surface area contributed by atoms with Gasteiger partial charge in [-0.1, -0.05) is 0 Å². The molecule has 0 fully saturated rings. The summed E-state index contributed by atoms with van der Waals surface area (Å²) in [5.74, 6) is -0.414. The number of likely N-dealkylation sites (N-methyl/N-ethyl adjacent to an activating group) is 1. The highest BCUT2D eigenvalue weighted by Crippen LogP contribution is 2.18. The molecule has 1 unspecified atom stereocenters. The fraction of sp³-hybridized carbons (Fsp3) is 0.500. The van der Waals surface area contributed by atoms with E-state index in [0.29, 0.717) is 0 Å². The standard InChI is InChI=1S/C6H10N4O2S/c1-10-5(11)3(9-12)4(7)8-6(10)13-2/h6,8H,7H2,1-2H3. The van der Waals surface area contributed by atoms with Gasteiger partial charge in [-0.15, -0.1) is 16.7 Å². The molecule has 0 spiro atoms. The van der Waals surface area contributed by atoms with E-state index in [-0.39, 0.29) is 17.0 Å². The molecule has 0 aromatic rings. The van der Waals surface area contributed by atoms with Crippen LogP contribution in [0.5, 0.6) is 0 Å². The van der Waals surface area contributed by atoms with Crippen molar-refractivity contribution in [2.75, 3.05) is 13.3 Å². The van der Waals surface area contributed by atoms with E-state index in [1.54, 1.807) is 7.05 Å². The topological polar surface area (TPSA) is 87.8 Å². The van der Waals surface area contributed by atoms with Crippen LogP contribution in [0, 0.1) is 4.91 Å². The Morgan fingerprint density at radius 3 is 2.77 bits per heavy atom. The molecule has 0 aliphatic carbocycles. The average Bonchev–Trinajstić information content (AvgIpc) is 2.12. The van der Waals surface area contributed by atoms with Crippen LogP contribution in [0.1, 0.15) is 0 Å². The maximum Gasteiger partial charge on any atom is 0.281 e. The maximum atomic E-state index is 11.4. The number of hydrogen-bond acceptors (Lipinski definition) is 6. The Morgan fingerprint density at radius 1 is 1.69 bits per heavy atom. The van der Waals surface area contributed by atoms with Gasteiger partial charge in [0.25, 0.3) is 5.91 Å². The van der Waals surface area contributed by atoms with Crippen molar-refractivity contribution >= 4 is 17.7 Å². The zero-order chi connectivity index (χ0) is 10.0. The Bertz CT molecular complexity index is 278. The maximum absolute atomic E-state index is 11.4. The van der Waals surface area contributed by atoms with Crippen molar-refractivity contribution in [1.82, 2.24) is 10.2 Å². The molecular weight excluding hydrogens is 192 g/mol. The van der Waals surface area contributed by atoms with Crippen molar-refractivity contribution in [3.8, 4) is 0 Å². The van der Waals surface area contributed by atoms with Crippen LogP contribution < -0.4 is 11.1 Å². The van der Waals surface area contributed by atoms with E-state index in [4.69, 9.17) is 5.73 Å². The van der Waals surface area contributed by atoms with Crippen molar-refractivity contribution in [3.05, 3.63) is 16.4 Å². The third kappa shape index (κ3) is 1.59. The van der Waals surface area contributed by atoms with E-state index >= 15 is 0 Å². The molecule has 13 heavy (non-hydrogen) atoms. The molecule has 3 N–H and O–H groups in total. The zero-order valence-corrected chi connectivity index (χ0v) is 8.09. The first kappa shape index (κ1) is 9.85. The summed E-state index contributed by atoms with van der Waals surface area (Å²) in [5, 5.41) is 5.35. The molecule has 1 atom stereocenters. The second-order valence-corrected chi connectivity index (χ2v) is 3.42. The first-order valence-electron chi connectivity index (χ1n) is 3.51. The average molecular weight is 202 g/mol. The quantitative estimate of drug-likeness (QED) is 0.594. The predicted molar refractivity (Wildman–Crippen MR) is 50.2 cm³/mol. The van der Waals surface area contributed by atoms with Crippen LogP contribution >= 0.6 is 11.8 Å². The molecule has 0 aromatic carbocycles. The van der Waals surface area contributed by atoms with Crippen molar-refractivity contribution in [1.29, 1.82) is 0 Å². The largest absolute Gasteiger partial charge is 0.383 e. The fourth-order valence-electron chi connectivity index (χ4n) is 0.992. The van der Waals surface area contributed by atoms with Crippen molar-refractivity contribution in [3.63, 3.8) is 0 Å². The molecule has 7 heteroatoms. The molecule has 0 aromatic heterocycles. The summed E-state index contributed by atoms with van der Waals surface area (Å²) < 4.78 is 0. The summed E-state index contributed by atoms with van der Waals surface area (Å²) in [6.45, 7) is 0. The van der Waals surface area contributed by atoms with E-state index in [0.717, 1.165) is 0 Å². The van der Waals surface area contributed by atoms with Gasteiger partial charge < -0.3 is 16.0 Å². The lowest BCUT2D eigenvalue weighted by Crippen LogP contribution is -2.51. The number of carbonyl (C=O) groups is 1. The van der Waals surface area contributed by atoms with Gasteiger partial charge >= 0.3 is 0 Å². The summed E-state index contributed by atoms with van der Waals surface area (Å²) in [5.41, 5.74) is 4.93. The second-order valence-electron chi connectivity index (χ2n) is 2.50. The van der Waals surface area contributed by atoms with Gasteiger partial charge in [0.15, 0.2) is 5.50 Å². The van der Waals surface area contributed by atoms with Crippen LogP contribution in [0.15, 0.2) is 16.7 Å². The zero-order valence-electron chi connectivity index (χ0n) is 7.27. The van der Waals surface area contributed by atoms with Crippen LogP contribution in [-0.2, 0) is 4.79 Å². The Balaban J connectivity index is 3.00. The smallest absolute Gasteiger partial charge is 0.281 e. The molecule has 0 bridgehead atoms. The summed E-state index contributed by atoms with van der Waals surface area (Å²) in [4.78, 5) is 23.0. The van der Waals surface area contributed by atoms with Crippen LogP contribution in [0.2, 0.25) is 0 Å². The van der Waals surface area contributed by atoms with Crippen LogP contribution in [-0.4, -0.2) is 29.6 Å². The first-order valence-corrected chi connectivity index (χ1v) is 4.80. The summed E-state index contributed by atoms with van der Waals surface area (Å²) in [6, 6.07) is 0. The van der Waals surface area contributed by atoms with Crippen molar-refractivity contribution in [2.24, 2.45) is 10.9 Å². The van der Waals surface area contributed by atoms with Crippen molar-refractivity contribution < 1.29 is 4.79 Å². The van der Waals surface area contributed by atoms with E-state index < -0.39 is 5.91 Å². The van der Waals surface area contributed by atoms with Crippen LogP contribution in [0.3, 0.4) is 0 Å². The van der Waals surface area contributed by atoms with Gasteiger partial charge in [0.2, 0.25) is 5.70 Å². The normalized spacial score (nSPS) is 23.1. The number of carbonyl (C=O) groups excluding carboxylic acids is 1. The third-order valence-corrected chi connectivity index (χ3v) is 2.60. The Labute approximate surface area is 79.5 Å². The SMILES string of the molecule is CSC1NC(N)=C(N=O)C(=O)N1C. The predicted octanol–water partition coefficient (Wildman–Crippen LogP) is -0.411. The molecule has 0 saturated heterocycles. The van der Waals surface area contributed by atoms with E-state index in [1.807, 2.05) is 6.26 Å². The second kappa shape index (κ2) is 3.65. The number of amides is 1. The Hall–Kier alpha value is -1.24. The number of nitrogens with one attached hydrogen (secondary N) is 1. The van der Waals surface area contributed by atoms with Gasteiger partial charge in [0.1, 0.15) is 5.82 Å². The highest BCUT2D eigenvalue weighted by Gasteiger charge is 2.30. The molecular formula is C6H10N4O2S. The minimum Gasteiger partial charge on any atom is -0.383 e. The minimum atomic E-state index is -0.453. The monoisotopic (exact) mass is 202 g/mol. The highest BCUT2D eigenvalue weighted by molar-refractivity contribution is 7.99. The lowest BCUT2D eigenvalue weighted by Gasteiger charge is -2.32. The highest BCUT2D eigenvalue weighted by atomic mass is 32.2. The van der Waals surface area contributed by atoms with Crippen LogP contribution in [0.25, 0.3) is 0 Å². The number of thioether (sulfide) groups is 1. The molecule has 0 radical (unpaired) electrons. The van der Waals surface area contributed by atoms with Gasteiger partial charge in [0, 0.05) is 7.05 Å². The number of nitrogens with zero attached hydrogens (tertiary/aromatic N) is 2. The molecule has 1 aliphatic heterocycles. The van der Waals surface area contributed by atoms with Gasteiger partial charge in [-0.25, -0.2) is 0 Å². The molecule has 1 rings (SSSR count). The molecule has 0 saturated carbocycles. The molecule has 6 nitrogen and oxygen atoms in total. The first-order chi connectivity index (χ1) is 6.11. The fourth-order valence-corrected chi connectivity index (χ4v) is 1.65. The number of nitrogens with two attached hydrogens (primary N) is 1. The van der Waals surface area contributed by atoms with E-state index in [1.165, 1.54) is 16.7 Å². The minimum absolute atomic E-state index is 0.0393. The van der Waals surface area contributed by atoms with Gasteiger partial charge in [-0.2, -0.15) is 0 Å². The van der Waals surface area contributed by atoms with Gasteiger partial charge in [-0.05, 0) is 11.4 Å². The lowest BCUT2D eigenvalue weighted by atomic mass is 10.3. The van der Waals surface area contributed by atoms with Crippen LogP contribution in [0.4, 0.5) is 0 Å². The Kier molecular flexibility index (Phi) is 2.76. The third-order valence-electron chi connectivity index (χ3n) is 1.72. The lowest BCUT2D eigenvalue weighted by molar-refractivity contribution is -0.127. The molecule has 1 heterocycles. The van der Waals surface area contributed by atoms with E-state index in [2.05, 4.69) is 10.5 Å². The number of hydrogen-bond donors (Lipinski definition) is 2. The molecule has 72 valence electrons. The summed E-state index contributed by atoms with van der Waals surface area (Å²) in [6.07, 6.45) is 1.83. The van der Waals surface area contributed by atoms with E-state index in [9.17, 15) is 9.70 Å². The van der Waals surface area contributed by atoms with Gasteiger partial charge in [0.05, 0.1) is 0 Å². The van der Waals surface area contributed by atoms with Gasteiger partial charge in [-0.3, -0.25) is 4.79 Å². The summed E-state index contributed by atoms with van der Waals surface area (Å²) >= 11 is 1.41. The summed E-state index contributed by atoms with van der Waals surface area (Å²) in [7, 11) is 1.58. The van der Waals surface area contributed by atoms with Crippen molar-refractivity contribution in [2.45, 2.75) is 5.50 Å². The Morgan fingerprint density at radius 2 is 2.31 bits per heavy atom. The number of nitroso groups, excluding NO2 is 1. The number of rotatable bonds is 2.